The van der Waals surface area contributed by atoms with E-state index in [1.54, 1.807) is 36.4 Å². The lowest BCUT2D eigenvalue weighted by Crippen LogP contribution is -2.16. The summed E-state index contributed by atoms with van der Waals surface area (Å²) >= 11 is 6.83. The Labute approximate surface area is 173 Å². The Hall–Kier alpha value is -2.72. The van der Waals surface area contributed by atoms with E-state index >= 15 is 0 Å². The molecule has 11 heteroatoms. The van der Waals surface area contributed by atoms with Crippen LogP contribution in [0.4, 0.5) is 18.9 Å². The minimum atomic E-state index is -4.62. The number of alkyl halides is 3. The highest BCUT2D eigenvalue weighted by Crippen LogP contribution is 2.33. The van der Waals surface area contributed by atoms with E-state index in [9.17, 15) is 18.0 Å². The Bertz CT molecular complexity index is 1010. The van der Waals surface area contributed by atoms with E-state index < -0.39 is 17.9 Å². The maximum Gasteiger partial charge on any atom is 0.451 e. The summed E-state index contributed by atoms with van der Waals surface area (Å²) in [7, 11) is 1.19. The summed E-state index contributed by atoms with van der Waals surface area (Å²) in [6.45, 7) is 0. The first-order valence-electron chi connectivity index (χ1n) is 8.16. The number of nitrogens with one attached hydrogen (secondary N) is 1. The quantitative estimate of drug-likeness (QED) is 0.543. The van der Waals surface area contributed by atoms with Crippen molar-refractivity contribution in [2.45, 2.75) is 11.3 Å². The van der Waals surface area contributed by atoms with Gasteiger partial charge in [0.1, 0.15) is 5.75 Å². The van der Waals surface area contributed by atoms with Gasteiger partial charge < -0.3 is 14.6 Å². The van der Waals surface area contributed by atoms with Crippen LogP contribution in [0.2, 0.25) is 5.02 Å². The maximum absolute atomic E-state index is 12.8. The van der Waals surface area contributed by atoms with Crippen LogP contribution >= 0.6 is 23.4 Å². The van der Waals surface area contributed by atoms with E-state index in [4.69, 9.17) is 16.3 Å². The van der Waals surface area contributed by atoms with Gasteiger partial charge in [0, 0.05) is 12.1 Å². The van der Waals surface area contributed by atoms with Crippen molar-refractivity contribution < 1.29 is 22.7 Å². The van der Waals surface area contributed by atoms with Gasteiger partial charge in [-0.25, -0.2) is 0 Å². The summed E-state index contributed by atoms with van der Waals surface area (Å²) in [4.78, 5) is 12.3. The molecule has 29 heavy (non-hydrogen) atoms. The number of hydrogen-bond acceptors (Lipinski definition) is 5. The third-order valence-electron chi connectivity index (χ3n) is 3.61. The predicted octanol–water partition coefficient (Wildman–Crippen LogP) is 5.01. The molecular weight excluding hydrogens is 429 g/mol. The monoisotopic (exact) mass is 442 g/mol. The number of carbonyl (C=O) groups excluding carboxylic acids is 1. The van der Waals surface area contributed by atoms with Crippen LogP contribution in [-0.2, 0) is 18.0 Å². The van der Waals surface area contributed by atoms with Gasteiger partial charge in [-0.1, -0.05) is 41.6 Å². The van der Waals surface area contributed by atoms with Gasteiger partial charge in [0.15, 0.2) is 10.9 Å². The Kier molecular flexibility index (Phi) is 6.33. The van der Waals surface area contributed by atoms with Crippen LogP contribution in [0.3, 0.4) is 0 Å². The number of carbonyl (C=O) groups is 1. The molecule has 3 rings (SSSR count). The van der Waals surface area contributed by atoms with Gasteiger partial charge in [-0.15, -0.1) is 10.2 Å². The lowest BCUT2D eigenvalue weighted by atomic mass is 10.3. The van der Waals surface area contributed by atoms with E-state index in [-0.39, 0.29) is 10.9 Å². The number of thioether (sulfide) groups is 1. The second-order valence-corrected chi connectivity index (χ2v) is 7.13. The van der Waals surface area contributed by atoms with Crippen molar-refractivity contribution in [2.24, 2.45) is 7.05 Å². The summed E-state index contributed by atoms with van der Waals surface area (Å²) in [5, 5.41) is 9.60. The Balaban J connectivity index is 1.68. The Morgan fingerprint density at radius 2 is 1.93 bits per heavy atom. The number of anilines is 1. The van der Waals surface area contributed by atoms with Crippen LogP contribution in [0.15, 0.2) is 53.7 Å². The standard InChI is InChI=1S/C18H14ClF3N4O2S/c1-26-16(18(20,21)22)24-25-17(26)29-10-15(27)23-13-9-11(19)7-8-14(13)28-12-5-3-2-4-6-12/h2-9H,10H2,1H3,(H,23,27). The molecule has 152 valence electrons. The molecule has 0 unspecified atom stereocenters. The van der Waals surface area contributed by atoms with E-state index in [2.05, 4.69) is 15.5 Å². The summed E-state index contributed by atoms with van der Waals surface area (Å²) < 4.78 is 44.9. The van der Waals surface area contributed by atoms with Crippen LogP contribution in [0.25, 0.3) is 0 Å². The molecule has 1 N–H and O–H groups in total. The lowest BCUT2D eigenvalue weighted by molar-refractivity contribution is -0.147. The van der Waals surface area contributed by atoms with E-state index in [1.165, 1.54) is 13.1 Å². The Morgan fingerprint density at radius 3 is 2.59 bits per heavy atom. The zero-order chi connectivity index (χ0) is 21.0. The molecule has 0 saturated carbocycles. The molecule has 0 saturated heterocycles. The minimum Gasteiger partial charge on any atom is -0.455 e. The molecule has 3 aromatic rings. The lowest BCUT2D eigenvalue weighted by Gasteiger charge is -2.13. The molecule has 0 bridgehead atoms. The van der Waals surface area contributed by atoms with Crippen molar-refractivity contribution in [1.82, 2.24) is 14.8 Å². The van der Waals surface area contributed by atoms with Crippen LogP contribution < -0.4 is 10.1 Å². The number of para-hydroxylation sites is 1. The van der Waals surface area contributed by atoms with Gasteiger partial charge in [-0.2, -0.15) is 13.2 Å². The fraction of sp³-hybridized carbons (Fsp3) is 0.167. The van der Waals surface area contributed by atoms with E-state index in [1.807, 2.05) is 6.07 Å². The molecule has 0 spiro atoms. The van der Waals surface area contributed by atoms with E-state index in [0.29, 0.717) is 22.2 Å². The smallest absolute Gasteiger partial charge is 0.451 e. The number of aromatic nitrogens is 3. The molecule has 0 fully saturated rings. The van der Waals surface area contributed by atoms with Crippen LogP contribution in [0, 0.1) is 0 Å². The third kappa shape index (κ3) is 5.42. The molecule has 1 aromatic heterocycles. The summed E-state index contributed by atoms with van der Waals surface area (Å²) in [5.41, 5.74) is 0.334. The van der Waals surface area contributed by atoms with Crippen molar-refractivity contribution in [3.05, 3.63) is 59.4 Å². The highest BCUT2D eigenvalue weighted by molar-refractivity contribution is 7.99. The summed E-state index contributed by atoms with van der Waals surface area (Å²) in [6, 6.07) is 13.7. The zero-order valence-corrected chi connectivity index (χ0v) is 16.5. The molecule has 0 radical (unpaired) electrons. The van der Waals surface area contributed by atoms with Crippen LogP contribution in [0.1, 0.15) is 5.82 Å². The molecule has 0 aliphatic heterocycles. The predicted molar refractivity (Wildman–Crippen MR) is 103 cm³/mol. The van der Waals surface area contributed by atoms with Gasteiger partial charge >= 0.3 is 6.18 Å². The summed E-state index contributed by atoms with van der Waals surface area (Å²) in [6.07, 6.45) is -4.62. The highest BCUT2D eigenvalue weighted by Gasteiger charge is 2.37. The maximum atomic E-state index is 12.8. The van der Waals surface area contributed by atoms with Crippen molar-refractivity contribution in [2.75, 3.05) is 11.1 Å². The number of hydrogen-bond donors (Lipinski definition) is 1. The largest absolute Gasteiger partial charge is 0.455 e. The van der Waals surface area contributed by atoms with Crippen molar-refractivity contribution in [1.29, 1.82) is 0 Å². The number of ether oxygens (including phenoxy) is 1. The van der Waals surface area contributed by atoms with Gasteiger partial charge in [0.25, 0.3) is 0 Å². The molecular formula is C18H14ClF3N4O2S. The molecule has 0 atom stereocenters. The van der Waals surface area contributed by atoms with Gasteiger partial charge in [-0.05, 0) is 30.3 Å². The average Bonchev–Trinajstić information content (AvgIpc) is 3.04. The fourth-order valence-corrected chi connectivity index (χ4v) is 3.19. The normalized spacial score (nSPS) is 11.3. The zero-order valence-electron chi connectivity index (χ0n) is 14.9. The Morgan fingerprint density at radius 1 is 1.21 bits per heavy atom. The SMILES string of the molecule is Cn1c(SCC(=O)Nc2cc(Cl)ccc2Oc2ccccc2)nnc1C(F)(F)F. The molecule has 1 amide bonds. The van der Waals surface area contributed by atoms with Gasteiger partial charge in [0.05, 0.1) is 11.4 Å². The van der Waals surface area contributed by atoms with Gasteiger partial charge in [-0.3, -0.25) is 4.79 Å². The highest BCUT2D eigenvalue weighted by atomic mass is 35.5. The number of halogens is 4. The van der Waals surface area contributed by atoms with Crippen molar-refractivity contribution >= 4 is 35.0 Å². The first-order chi connectivity index (χ1) is 13.7. The topological polar surface area (TPSA) is 69.0 Å². The minimum absolute atomic E-state index is 0.0284. The number of rotatable bonds is 6. The first kappa shape index (κ1) is 21.0. The van der Waals surface area contributed by atoms with Gasteiger partial charge in [0.2, 0.25) is 11.7 Å². The fourth-order valence-electron chi connectivity index (χ4n) is 2.31. The molecule has 6 nitrogen and oxygen atoms in total. The average molecular weight is 443 g/mol. The molecule has 0 aliphatic carbocycles. The van der Waals surface area contributed by atoms with Crippen molar-refractivity contribution in [3.63, 3.8) is 0 Å². The van der Waals surface area contributed by atoms with Crippen molar-refractivity contribution in [3.8, 4) is 11.5 Å². The second-order valence-electron chi connectivity index (χ2n) is 5.76. The molecule has 1 heterocycles. The summed E-state index contributed by atoms with van der Waals surface area (Å²) in [5.74, 6) is -0.836. The molecule has 2 aromatic carbocycles. The van der Waals surface area contributed by atoms with Crippen LogP contribution in [0.5, 0.6) is 11.5 Å². The molecule has 0 aliphatic rings. The first-order valence-corrected chi connectivity index (χ1v) is 9.52. The second kappa shape index (κ2) is 8.75. The number of amides is 1. The van der Waals surface area contributed by atoms with Crippen LogP contribution in [-0.4, -0.2) is 26.4 Å². The third-order valence-corrected chi connectivity index (χ3v) is 4.86. The number of benzene rings is 2. The van der Waals surface area contributed by atoms with E-state index in [0.717, 1.165) is 16.3 Å². The number of nitrogens with zero attached hydrogens (tertiary/aromatic N) is 3.